The number of nitrogens with zero attached hydrogens (tertiary/aromatic N) is 1. The highest BCUT2D eigenvalue weighted by molar-refractivity contribution is 7.98. The lowest BCUT2D eigenvalue weighted by atomic mass is 10.2. The summed E-state index contributed by atoms with van der Waals surface area (Å²) in [6.07, 6.45) is 1.92. The molecule has 2 aromatic carbocycles. The SMILES string of the molecule is CCN(CC)S(=O)(=O)c1ccc(NC(=O)c2cc(SC)ccc2Cl)cc1. The molecule has 0 aliphatic rings. The van der Waals surface area contributed by atoms with E-state index in [1.165, 1.54) is 28.2 Å². The maximum atomic E-state index is 12.5. The molecule has 0 aliphatic heterocycles. The molecule has 1 amide bonds. The smallest absolute Gasteiger partial charge is 0.257 e. The standard InChI is InChI=1S/C18H21ClN2O3S2/c1-4-21(5-2)26(23,24)15-9-6-13(7-10-15)20-18(22)16-12-14(25-3)8-11-17(16)19/h6-12H,4-5H2,1-3H3,(H,20,22). The minimum atomic E-state index is -3.52. The van der Waals surface area contributed by atoms with Crippen molar-refractivity contribution in [1.29, 1.82) is 0 Å². The summed E-state index contributed by atoms with van der Waals surface area (Å²) in [4.78, 5) is 13.6. The van der Waals surface area contributed by atoms with E-state index in [0.29, 0.717) is 29.4 Å². The van der Waals surface area contributed by atoms with Gasteiger partial charge in [0.25, 0.3) is 5.91 Å². The molecule has 8 heteroatoms. The summed E-state index contributed by atoms with van der Waals surface area (Å²) in [5.74, 6) is -0.342. The predicted molar refractivity (Wildman–Crippen MR) is 108 cm³/mol. The first kappa shape index (κ1) is 20.8. The van der Waals surface area contributed by atoms with E-state index >= 15 is 0 Å². The van der Waals surface area contributed by atoms with E-state index in [2.05, 4.69) is 5.32 Å². The minimum absolute atomic E-state index is 0.196. The van der Waals surface area contributed by atoms with E-state index in [1.54, 1.807) is 38.1 Å². The molecule has 0 fully saturated rings. The van der Waals surface area contributed by atoms with Crippen LogP contribution in [0.15, 0.2) is 52.3 Å². The van der Waals surface area contributed by atoms with Crippen molar-refractivity contribution < 1.29 is 13.2 Å². The van der Waals surface area contributed by atoms with Crippen LogP contribution < -0.4 is 5.32 Å². The Morgan fingerprint density at radius 2 is 1.73 bits per heavy atom. The summed E-state index contributed by atoms with van der Waals surface area (Å²) in [6, 6.07) is 11.4. The fourth-order valence-electron chi connectivity index (χ4n) is 2.43. The monoisotopic (exact) mass is 412 g/mol. The zero-order valence-corrected chi connectivity index (χ0v) is 17.2. The Kier molecular flexibility index (Phi) is 7.11. The molecule has 5 nitrogen and oxygen atoms in total. The normalized spacial score (nSPS) is 11.6. The van der Waals surface area contributed by atoms with Crippen molar-refractivity contribution >= 4 is 45.0 Å². The molecule has 0 radical (unpaired) electrons. The van der Waals surface area contributed by atoms with Gasteiger partial charge in [-0.25, -0.2) is 8.42 Å². The van der Waals surface area contributed by atoms with Crippen molar-refractivity contribution in [3.05, 3.63) is 53.1 Å². The van der Waals surface area contributed by atoms with Gasteiger partial charge in [-0.1, -0.05) is 25.4 Å². The summed E-state index contributed by atoms with van der Waals surface area (Å²) >= 11 is 7.63. The average Bonchev–Trinajstić information content (AvgIpc) is 2.63. The third kappa shape index (κ3) is 4.59. The summed E-state index contributed by atoms with van der Waals surface area (Å²) in [6.45, 7) is 4.40. The molecule has 2 aromatic rings. The highest BCUT2D eigenvalue weighted by Gasteiger charge is 2.21. The lowest BCUT2D eigenvalue weighted by Gasteiger charge is -2.18. The van der Waals surface area contributed by atoms with Crippen molar-refractivity contribution in [3.8, 4) is 0 Å². The van der Waals surface area contributed by atoms with E-state index in [0.717, 1.165) is 4.90 Å². The molecule has 0 unspecified atom stereocenters. The number of hydrogen-bond acceptors (Lipinski definition) is 4. The molecule has 0 aromatic heterocycles. The van der Waals surface area contributed by atoms with Gasteiger partial charge in [0.1, 0.15) is 0 Å². The first-order valence-electron chi connectivity index (χ1n) is 8.08. The number of benzene rings is 2. The lowest BCUT2D eigenvalue weighted by Crippen LogP contribution is -2.30. The molecule has 0 bridgehead atoms. The molecular weight excluding hydrogens is 392 g/mol. The zero-order valence-electron chi connectivity index (χ0n) is 14.8. The highest BCUT2D eigenvalue weighted by atomic mass is 35.5. The largest absolute Gasteiger partial charge is 0.322 e. The lowest BCUT2D eigenvalue weighted by molar-refractivity contribution is 0.102. The van der Waals surface area contributed by atoms with Crippen LogP contribution in [-0.2, 0) is 10.0 Å². The number of carbonyl (C=O) groups excluding carboxylic acids is 1. The highest BCUT2D eigenvalue weighted by Crippen LogP contribution is 2.24. The van der Waals surface area contributed by atoms with E-state index in [1.807, 2.05) is 12.3 Å². The summed E-state index contributed by atoms with van der Waals surface area (Å²) < 4.78 is 26.4. The topological polar surface area (TPSA) is 66.5 Å². The Morgan fingerprint density at radius 1 is 1.12 bits per heavy atom. The Hall–Kier alpha value is -1.54. The maximum absolute atomic E-state index is 12.5. The fourth-order valence-corrected chi connectivity index (χ4v) is 4.53. The number of sulfonamides is 1. The second kappa shape index (κ2) is 8.90. The van der Waals surface area contributed by atoms with Crippen LogP contribution in [0.2, 0.25) is 5.02 Å². The second-order valence-corrected chi connectivity index (χ2v) is 8.64. The maximum Gasteiger partial charge on any atom is 0.257 e. The van der Waals surface area contributed by atoms with Gasteiger partial charge in [0.15, 0.2) is 0 Å². The van der Waals surface area contributed by atoms with Gasteiger partial charge >= 0.3 is 0 Å². The Labute approximate surface area is 163 Å². The molecule has 0 atom stereocenters. The molecule has 0 saturated heterocycles. The summed E-state index contributed by atoms with van der Waals surface area (Å²) in [5, 5.41) is 3.11. The van der Waals surface area contributed by atoms with Crippen LogP contribution in [0, 0.1) is 0 Å². The number of thioether (sulfide) groups is 1. The van der Waals surface area contributed by atoms with Crippen LogP contribution >= 0.6 is 23.4 Å². The van der Waals surface area contributed by atoms with E-state index in [-0.39, 0.29) is 10.8 Å². The third-order valence-corrected chi connectivity index (χ3v) is 6.99. The molecule has 0 saturated carbocycles. The van der Waals surface area contributed by atoms with Crippen LogP contribution in [0.1, 0.15) is 24.2 Å². The number of rotatable bonds is 7. The number of carbonyl (C=O) groups is 1. The van der Waals surface area contributed by atoms with Gasteiger partial charge in [-0.05, 0) is 48.7 Å². The Balaban J connectivity index is 2.21. The van der Waals surface area contributed by atoms with Gasteiger partial charge in [-0.3, -0.25) is 4.79 Å². The number of amides is 1. The van der Waals surface area contributed by atoms with Gasteiger partial charge in [-0.2, -0.15) is 4.31 Å². The molecule has 0 heterocycles. The molecule has 0 aliphatic carbocycles. The fraction of sp³-hybridized carbons (Fsp3) is 0.278. The Bertz CT molecular complexity index is 880. The van der Waals surface area contributed by atoms with Crippen LogP contribution in [-0.4, -0.2) is 38.0 Å². The molecule has 26 heavy (non-hydrogen) atoms. The van der Waals surface area contributed by atoms with Crippen molar-refractivity contribution in [2.75, 3.05) is 24.7 Å². The predicted octanol–water partition coefficient (Wildman–Crippen LogP) is 4.34. The van der Waals surface area contributed by atoms with Crippen molar-refractivity contribution in [2.24, 2.45) is 0 Å². The van der Waals surface area contributed by atoms with Crippen molar-refractivity contribution in [3.63, 3.8) is 0 Å². The van der Waals surface area contributed by atoms with Gasteiger partial charge in [0.05, 0.1) is 15.5 Å². The third-order valence-electron chi connectivity index (χ3n) is 3.87. The molecule has 2 rings (SSSR count). The molecule has 140 valence electrons. The number of nitrogens with one attached hydrogen (secondary N) is 1. The minimum Gasteiger partial charge on any atom is -0.322 e. The van der Waals surface area contributed by atoms with Crippen LogP contribution in [0.4, 0.5) is 5.69 Å². The van der Waals surface area contributed by atoms with Gasteiger partial charge in [0, 0.05) is 23.7 Å². The summed E-state index contributed by atoms with van der Waals surface area (Å²) in [7, 11) is -3.52. The van der Waals surface area contributed by atoms with Crippen molar-refractivity contribution in [1.82, 2.24) is 4.31 Å². The zero-order chi connectivity index (χ0) is 19.3. The quantitative estimate of drug-likeness (QED) is 0.686. The van der Waals surface area contributed by atoms with E-state index in [4.69, 9.17) is 11.6 Å². The average molecular weight is 413 g/mol. The van der Waals surface area contributed by atoms with Gasteiger partial charge in [-0.15, -0.1) is 11.8 Å². The molecule has 0 spiro atoms. The van der Waals surface area contributed by atoms with Crippen LogP contribution in [0.5, 0.6) is 0 Å². The molecule has 1 N–H and O–H groups in total. The number of hydrogen-bond donors (Lipinski definition) is 1. The van der Waals surface area contributed by atoms with Crippen LogP contribution in [0.3, 0.4) is 0 Å². The van der Waals surface area contributed by atoms with E-state index < -0.39 is 10.0 Å². The van der Waals surface area contributed by atoms with Gasteiger partial charge in [0.2, 0.25) is 10.0 Å². The first-order chi connectivity index (χ1) is 12.3. The van der Waals surface area contributed by atoms with Crippen molar-refractivity contribution in [2.45, 2.75) is 23.6 Å². The Morgan fingerprint density at radius 3 is 2.27 bits per heavy atom. The van der Waals surface area contributed by atoms with Gasteiger partial charge < -0.3 is 5.32 Å². The van der Waals surface area contributed by atoms with E-state index in [9.17, 15) is 13.2 Å². The first-order valence-corrected chi connectivity index (χ1v) is 11.1. The van der Waals surface area contributed by atoms with Crippen LogP contribution in [0.25, 0.3) is 0 Å². The number of anilines is 1. The summed E-state index contributed by atoms with van der Waals surface area (Å²) in [5.41, 5.74) is 0.873. The second-order valence-electron chi connectivity index (χ2n) is 5.41. The number of halogens is 1. The molecular formula is C18H21ClN2O3S2.